The Hall–Kier alpha value is -1.82. The lowest BCUT2D eigenvalue weighted by Crippen LogP contribution is -1.90. The number of allylic oxidation sites excluding steroid dienone is 14. The lowest BCUT2D eigenvalue weighted by atomic mass is 9.96. The normalized spacial score (nSPS) is 21.9. The standard InChI is InChI=1S/C15H12/c1-2-7-12(6-1)14-10-5-11-15(14)13-8-3-4-9-13/h1-8,10-11H,9H2. The third kappa shape index (κ3) is 1.39. The molecule has 0 radical (unpaired) electrons. The maximum atomic E-state index is 2.21. The highest BCUT2D eigenvalue weighted by Gasteiger charge is 2.15. The Labute approximate surface area is 90.0 Å². The van der Waals surface area contributed by atoms with Crippen LogP contribution < -0.4 is 0 Å². The molecule has 0 fully saturated rings. The molecule has 0 amide bonds. The second-order valence-corrected chi connectivity index (χ2v) is 3.85. The SMILES string of the molecule is C1=CCC(C2=CC=CC2=C2C=CC=C2)=C1. The Kier molecular flexibility index (Phi) is 1.92. The quantitative estimate of drug-likeness (QED) is 0.593. The molecule has 72 valence electrons. The largest absolute Gasteiger partial charge is 0.0801 e. The third-order valence-corrected chi connectivity index (χ3v) is 2.91. The molecule has 0 unspecified atom stereocenters. The van der Waals surface area contributed by atoms with E-state index in [2.05, 4.69) is 60.8 Å². The van der Waals surface area contributed by atoms with Crippen LogP contribution >= 0.6 is 0 Å². The van der Waals surface area contributed by atoms with E-state index in [-0.39, 0.29) is 0 Å². The molecular weight excluding hydrogens is 180 g/mol. The molecule has 3 rings (SSSR count). The molecule has 0 bridgehead atoms. The summed E-state index contributed by atoms with van der Waals surface area (Å²) >= 11 is 0. The van der Waals surface area contributed by atoms with E-state index < -0.39 is 0 Å². The zero-order valence-corrected chi connectivity index (χ0v) is 8.48. The molecule has 0 saturated heterocycles. The Morgan fingerprint density at radius 3 is 2.40 bits per heavy atom. The Balaban J connectivity index is 2.01. The van der Waals surface area contributed by atoms with Crippen LogP contribution in [0.4, 0.5) is 0 Å². The highest BCUT2D eigenvalue weighted by atomic mass is 14.2. The average Bonchev–Trinajstić information content (AvgIpc) is 3.01. The van der Waals surface area contributed by atoms with E-state index in [0.29, 0.717) is 0 Å². The van der Waals surface area contributed by atoms with E-state index in [0.717, 1.165) is 6.42 Å². The molecule has 0 nitrogen and oxygen atoms in total. The summed E-state index contributed by atoms with van der Waals surface area (Å²) in [7, 11) is 0. The van der Waals surface area contributed by atoms with Crippen molar-refractivity contribution in [2.75, 3.05) is 0 Å². The highest BCUT2D eigenvalue weighted by Crippen LogP contribution is 2.33. The first-order valence-corrected chi connectivity index (χ1v) is 5.29. The van der Waals surface area contributed by atoms with Gasteiger partial charge in [0.1, 0.15) is 0 Å². The fourth-order valence-corrected chi connectivity index (χ4v) is 2.15. The van der Waals surface area contributed by atoms with E-state index in [4.69, 9.17) is 0 Å². The van der Waals surface area contributed by atoms with Gasteiger partial charge in [-0.3, -0.25) is 0 Å². The summed E-state index contributed by atoms with van der Waals surface area (Å²) in [5.41, 5.74) is 5.49. The Bertz CT molecular complexity index is 486. The molecule has 3 aliphatic rings. The van der Waals surface area contributed by atoms with Crippen LogP contribution in [0.25, 0.3) is 0 Å². The lowest BCUT2D eigenvalue weighted by molar-refractivity contribution is 1.27. The molecule has 0 heteroatoms. The van der Waals surface area contributed by atoms with Crippen molar-refractivity contribution in [1.82, 2.24) is 0 Å². The molecule has 15 heavy (non-hydrogen) atoms. The topological polar surface area (TPSA) is 0 Å². The molecule has 3 aliphatic carbocycles. The molecule has 0 atom stereocenters. The van der Waals surface area contributed by atoms with Gasteiger partial charge >= 0.3 is 0 Å². The van der Waals surface area contributed by atoms with Gasteiger partial charge < -0.3 is 0 Å². The zero-order valence-electron chi connectivity index (χ0n) is 8.48. The summed E-state index contributed by atoms with van der Waals surface area (Å²) in [6.07, 6.45) is 22.7. The molecule has 0 N–H and O–H groups in total. The van der Waals surface area contributed by atoms with Crippen LogP contribution in [0.15, 0.2) is 83.1 Å². The van der Waals surface area contributed by atoms with Gasteiger partial charge in [-0.2, -0.15) is 0 Å². The van der Waals surface area contributed by atoms with Crippen molar-refractivity contribution in [2.45, 2.75) is 6.42 Å². The van der Waals surface area contributed by atoms with E-state index >= 15 is 0 Å². The monoisotopic (exact) mass is 192 g/mol. The van der Waals surface area contributed by atoms with Gasteiger partial charge in [0.2, 0.25) is 0 Å². The fourth-order valence-electron chi connectivity index (χ4n) is 2.15. The van der Waals surface area contributed by atoms with Crippen molar-refractivity contribution < 1.29 is 0 Å². The lowest BCUT2D eigenvalue weighted by Gasteiger charge is -2.08. The summed E-state index contributed by atoms with van der Waals surface area (Å²) in [4.78, 5) is 0. The number of hydrogen-bond acceptors (Lipinski definition) is 0. The summed E-state index contributed by atoms with van der Waals surface area (Å²) in [6, 6.07) is 0. The van der Waals surface area contributed by atoms with Crippen LogP contribution in [0.1, 0.15) is 6.42 Å². The van der Waals surface area contributed by atoms with Gasteiger partial charge in [-0.25, -0.2) is 0 Å². The smallest absolute Gasteiger partial charge is 0.00882 e. The predicted octanol–water partition coefficient (Wildman–Crippen LogP) is 3.79. The first kappa shape index (κ1) is 8.49. The number of hydrogen-bond donors (Lipinski definition) is 0. The molecule has 0 heterocycles. The fraction of sp³-hybridized carbons (Fsp3) is 0.0667. The maximum absolute atomic E-state index is 2.21. The minimum atomic E-state index is 1.07. The molecular formula is C15H12. The van der Waals surface area contributed by atoms with E-state index in [1.165, 1.54) is 22.3 Å². The summed E-state index contributed by atoms with van der Waals surface area (Å²) in [6.45, 7) is 0. The summed E-state index contributed by atoms with van der Waals surface area (Å²) in [5.74, 6) is 0. The maximum Gasteiger partial charge on any atom is -0.00882 e. The third-order valence-electron chi connectivity index (χ3n) is 2.91. The number of rotatable bonds is 1. The van der Waals surface area contributed by atoms with Gasteiger partial charge in [-0.1, -0.05) is 60.8 Å². The molecule has 0 aromatic carbocycles. The van der Waals surface area contributed by atoms with Crippen molar-refractivity contribution >= 4 is 0 Å². The second-order valence-electron chi connectivity index (χ2n) is 3.85. The minimum Gasteiger partial charge on any atom is -0.0801 e. The van der Waals surface area contributed by atoms with Crippen molar-refractivity contribution in [3.8, 4) is 0 Å². The summed E-state index contributed by atoms with van der Waals surface area (Å²) < 4.78 is 0. The van der Waals surface area contributed by atoms with Gasteiger partial charge in [-0.05, 0) is 28.7 Å². The first-order chi connectivity index (χ1) is 7.45. The van der Waals surface area contributed by atoms with Crippen molar-refractivity contribution in [3.63, 3.8) is 0 Å². The Morgan fingerprint density at radius 2 is 1.67 bits per heavy atom. The predicted molar refractivity (Wildman–Crippen MR) is 64.4 cm³/mol. The van der Waals surface area contributed by atoms with Gasteiger partial charge in [0.25, 0.3) is 0 Å². The molecule has 0 aliphatic heterocycles. The average molecular weight is 192 g/mol. The van der Waals surface area contributed by atoms with Crippen LogP contribution in [0, 0.1) is 0 Å². The molecule has 0 spiro atoms. The van der Waals surface area contributed by atoms with Crippen LogP contribution in [0.2, 0.25) is 0 Å². The Morgan fingerprint density at radius 1 is 0.800 bits per heavy atom. The van der Waals surface area contributed by atoms with Gasteiger partial charge in [0.05, 0.1) is 0 Å². The van der Waals surface area contributed by atoms with Crippen LogP contribution in [0.5, 0.6) is 0 Å². The highest BCUT2D eigenvalue weighted by molar-refractivity contribution is 5.65. The minimum absolute atomic E-state index is 1.07. The van der Waals surface area contributed by atoms with E-state index in [9.17, 15) is 0 Å². The van der Waals surface area contributed by atoms with Crippen LogP contribution in [-0.2, 0) is 0 Å². The van der Waals surface area contributed by atoms with Crippen molar-refractivity contribution in [2.24, 2.45) is 0 Å². The van der Waals surface area contributed by atoms with Gasteiger partial charge in [0.15, 0.2) is 0 Å². The van der Waals surface area contributed by atoms with Crippen LogP contribution in [0.3, 0.4) is 0 Å². The van der Waals surface area contributed by atoms with Gasteiger partial charge in [-0.15, -0.1) is 0 Å². The van der Waals surface area contributed by atoms with E-state index in [1.807, 2.05) is 0 Å². The van der Waals surface area contributed by atoms with Crippen LogP contribution in [-0.4, -0.2) is 0 Å². The summed E-state index contributed by atoms with van der Waals surface area (Å²) in [5, 5.41) is 0. The van der Waals surface area contributed by atoms with E-state index in [1.54, 1.807) is 0 Å². The molecule has 0 aromatic rings. The molecule has 0 aromatic heterocycles. The van der Waals surface area contributed by atoms with Crippen molar-refractivity contribution in [1.29, 1.82) is 0 Å². The zero-order chi connectivity index (χ0) is 10.1. The van der Waals surface area contributed by atoms with Gasteiger partial charge in [0, 0.05) is 0 Å². The first-order valence-electron chi connectivity index (χ1n) is 5.29. The second kappa shape index (κ2) is 3.39. The molecule has 0 saturated carbocycles. The van der Waals surface area contributed by atoms with Crippen molar-refractivity contribution in [3.05, 3.63) is 83.1 Å².